The molecule has 1 fully saturated rings. The Hall–Kier alpha value is -2.57. The van der Waals surface area contributed by atoms with E-state index < -0.39 is 23.6 Å². The summed E-state index contributed by atoms with van der Waals surface area (Å²) in [6.45, 7) is 1.65. The molecule has 1 aromatic carbocycles. The van der Waals surface area contributed by atoms with Crippen LogP contribution in [0, 0.1) is 0 Å². The van der Waals surface area contributed by atoms with Gasteiger partial charge in [0.25, 0.3) is 5.91 Å². The van der Waals surface area contributed by atoms with Gasteiger partial charge in [0, 0.05) is 11.7 Å². The largest absolute Gasteiger partial charge is 0.465 e. The van der Waals surface area contributed by atoms with E-state index in [0.717, 1.165) is 44.2 Å². The van der Waals surface area contributed by atoms with Gasteiger partial charge in [-0.1, -0.05) is 37.5 Å². The summed E-state index contributed by atoms with van der Waals surface area (Å²) in [5, 5.41) is 0. The average Bonchev–Trinajstić information content (AvgIpc) is 2.91. The van der Waals surface area contributed by atoms with Crippen molar-refractivity contribution in [2.45, 2.75) is 51.2 Å². The molecule has 0 spiro atoms. The molecule has 3 rings (SSSR count). The number of hydrogen-bond donors (Lipinski definition) is 0. The van der Waals surface area contributed by atoms with Gasteiger partial charge in [-0.15, -0.1) is 0 Å². The van der Waals surface area contributed by atoms with E-state index in [0.29, 0.717) is 5.70 Å². The van der Waals surface area contributed by atoms with Crippen molar-refractivity contribution in [3.63, 3.8) is 0 Å². The molecule has 0 bridgehead atoms. The van der Waals surface area contributed by atoms with Crippen LogP contribution in [-0.2, 0) is 20.5 Å². The minimum atomic E-state index is -4.57. The minimum absolute atomic E-state index is 0.0371. The molecule has 0 aromatic heterocycles. The van der Waals surface area contributed by atoms with Crippen LogP contribution in [0.15, 0.2) is 41.1 Å². The Kier molecular flexibility index (Phi) is 5.63. The van der Waals surface area contributed by atoms with Gasteiger partial charge in [-0.2, -0.15) is 13.2 Å². The molecule has 7 heteroatoms. The van der Waals surface area contributed by atoms with Crippen LogP contribution >= 0.6 is 0 Å². The number of ether oxygens (including phenoxy) is 1. The van der Waals surface area contributed by atoms with Gasteiger partial charge < -0.3 is 9.64 Å². The first-order valence-corrected chi connectivity index (χ1v) is 9.26. The van der Waals surface area contributed by atoms with Crippen molar-refractivity contribution in [1.29, 1.82) is 0 Å². The molecule has 4 nitrogen and oxygen atoms in total. The summed E-state index contributed by atoms with van der Waals surface area (Å²) in [6, 6.07) is 4.95. The zero-order chi connectivity index (χ0) is 20.5. The fraction of sp³-hybridized carbons (Fsp3) is 0.429. The van der Waals surface area contributed by atoms with Crippen LogP contribution in [-0.4, -0.2) is 29.9 Å². The second-order valence-electron chi connectivity index (χ2n) is 7.06. The van der Waals surface area contributed by atoms with E-state index in [4.69, 9.17) is 4.74 Å². The van der Waals surface area contributed by atoms with Gasteiger partial charge in [-0.05, 0) is 37.5 Å². The standard InChI is InChI=1S/C21H22F3NO3/c1-13-18(20(27)28-2)16(19(26)25(13)15-9-4-3-5-10-15)12-14-8-6-7-11-17(14)21(22,23)24/h6-8,11-12,15H,3-5,9-10H2,1-2H3/b16-12-. The first kappa shape index (κ1) is 20.2. The van der Waals surface area contributed by atoms with E-state index in [1.807, 2.05) is 0 Å². The van der Waals surface area contributed by atoms with E-state index >= 15 is 0 Å². The molecule has 1 aliphatic carbocycles. The van der Waals surface area contributed by atoms with Crippen molar-refractivity contribution < 1.29 is 27.5 Å². The molecule has 0 unspecified atom stereocenters. The summed E-state index contributed by atoms with van der Waals surface area (Å²) in [7, 11) is 1.19. The van der Waals surface area contributed by atoms with Gasteiger partial charge in [0.2, 0.25) is 0 Å². The van der Waals surface area contributed by atoms with Crippen molar-refractivity contribution in [2.24, 2.45) is 0 Å². The van der Waals surface area contributed by atoms with Gasteiger partial charge >= 0.3 is 12.1 Å². The number of esters is 1. The second-order valence-corrected chi connectivity index (χ2v) is 7.06. The fourth-order valence-electron chi connectivity index (χ4n) is 4.01. The zero-order valence-electron chi connectivity index (χ0n) is 15.8. The highest BCUT2D eigenvalue weighted by molar-refractivity contribution is 6.16. The number of methoxy groups -OCH3 is 1. The van der Waals surface area contributed by atoms with E-state index in [-0.39, 0.29) is 22.8 Å². The lowest BCUT2D eigenvalue weighted by Gasteiger charge is -2.32. The highest BCUT2D eigenvalue weighted by Gasteiger charge is 2.41. The third kappa shape index (κ3) is 3.70. The molecule has 28 heavy (non-hydrogen) atoms. The smallest absolute Gasteiger partial charge is 0.416 e. The van der Waals surface area contributed by atoms with Gasteiger partial charge in [-0.3, -0.25) is 4.79 Å². The molecule has 150 valence electrons. The first-order valence-electron chi connectivity index (χ1n) is 9.26. The summed E-state index contributed by atoms with van der Waals surface area (Å²) in [4.78, 5) is 27.1. The molecule has 0 saturated heterocycles. The molecule has 1 amide bonds. The molecule has 1 aromatic rings. The van der Waals surface area contributed by atoms with Crippen molar-refractivity contribution >= 4 is 18.0 Å². The van der Waals surface area contributed by atoms with Gasteiger partial charge in [0.05, 0.1) is 23.8 Å². The topological polar surface area (TPSA) is 46.6 Å². The summed E-state index contributed by atoms with van der Waals surface area (Å²) in [6.07, 6.45) is 1.25. The van der Waals surface area contributed by atoms with Crippen molar-refractivity contribution in [2.75, 3.05) is 7.11 Å². The van der Waals surface area contributed by atoms with E-state index in [1.54, 1.807) is 11.8 Å². The van der Waals surface area contributed by atoms with Crippen LogP contribution in [0.5, 0.6) is 0 Å². The molecule has 1 aliphatic heterocycles. The van der Waals surface area contributed by atoms with Crippen LogP contribution < -0.4 is 0 Å². The van der Waals surface area contributed by atoms with Crippen LogP contribution in [0.2, 0.25) is 0 Å². The molecular formula is C21H22F3NO3. The summed E-state index contributed by atoms with van der Waals surface area (Å²) >= 11 is 0. The number of hydrogen-bond acceptors (Lipinski definition) is 3. The fourth-order valence-corrected chi connectivity index (χ4v) is 4.01. The quantitative estimate of drug-likeness (QED) is 0.552. The lowest BCUT2D eigenvalue weighted by Crippen LogP contribution is -2.37. The lowest BCUT2D eigenvalue weighted by atomic mass is 9.94. The Labute approximate surface area is 161 Å². The average molecular weight is 393 g/mol. The number of nitrogens with zero attached hydrogens (tertiary/aromatic N) is 1. The zero-order valence-corrected chi connectivity index (χ0v) is 15.8. The maximum atomic E-state index is 13.4. The Morgan fingerprint density at radius 3 is 2.43 bits per heavy atom. The summed E-state index contributed by atoms with van der Waals surface area (Å²) in [5.74, 6) is -1.17. The molecule has 1 heterocycles. The molecule has 2 aliphatic rings. The van der Waals surface area contributed by atoms with Crippen molar-refractivity contribution in [3.8, 4) is 0 Å². The number of carbonyl (C=O) groups excluding carboxylic acids is 2. The third-order valence-electron chi connectivity index (χ3n) is 5.34. The van der Waals surface area contributed by atoms with Crippen LogP contribution in [0.3, 0.4) is 0 Å². The Morgan fingerprint density at radius 1 is 1.18 bits per heavy atom. The van der Waals surface area contributed by atoms with Crippen LogP contribution in [0.25, 0.3) is 6.08 Å². The van der Waals surface area contributed by atoms with E-state index in [9.17, 15) is 22.8 Å². The monoisotopic (exact) mass is 393 g/mol. The van der Waals surface area contributed by atoms with E-state index in [2.05, 4.69) is 0 Å². The molecule has 0 radical (unpaired) electrons. The maximum Gasteiger partial charge on any atom is 0.416 e. The summed E-state index contributed by atoms with van der Waals surface area (Å²) < 4.78 is 44.9. The molecule has 0 N–H and O–H groups in total. The van der Waals surface area contributed by atoms with Gasteiger partial charge in [-0.25, -0.2) is 4.79 Å². The van der Waals surface area contributed by atoms with Gasteiger partial charge in [0.1, 0.15) is 0 Å². The second kappa shape index (κ2) is 7.81. The summed E-state index contributed by atoms with van der Waals surface area (Å²) in [5.41, 5.74) is -0.576. The van der Waals surface area contributed by atoms with E-state index in [1.165, 1.54) is 25.3 Å². The number of carbonyl (C=O) groups is 2. The minimum Gasteiger partial charge on any atom is -0.465 e. The molecular weight excluding hydrogens is 371 g/mol. The number of amides is 1. The normalized spacial score (nSPS) is 20.2. The SMILES string of the molecule is COC(=O)C1=C(C)N(C2CCCCC2)C(=O)/C1=C\c1ccccc1C(F)(F)F. The van der Waals surface area contributed by atoms with Gasteiger partial charge in [0.15, 0.2) is 0 Å². The third-order valence-corrected chi connectivity index (χ3v) is 5.34. The predicted octanol–water partition coefficient (Wildman–Crippen LogP) is 4.71. The van der Waals surface area contributed by atoms with Crippen molar-refractivity contribution in [1.82, 2.24) is 4.90 Å². The van der Waals surface area contributed by atoms with Crippen LogP contribution in [0.1, 0.15) is 50.2 Å². The number of rotatable bonds is 3. The Balaban J connectivity index is 2.11. The van der Waals surface area contributed by atoms with Crippen molar-refractivity contribution in [3.05, 3.63) is 52.2 Å². The van der Waals surface area contributed by atoms with Crippen LogP contribution in [0.4, 0.5) is 13.2 Å². The Bertz CT molecular complexity index is 849. The Morgan fingerprint density at radius 2 is 1.82 bits per heavy atom. The molecule has 1 saturated carbocycles. The highest BCUT2D eigenvalue weighted by Crippen LogP contribution is 2.38. The maximum absolute atomic E-state index is 13.4. The number of allylic oxidation sites excluding steroid dienone is 1. The predicted molar refractivity (Wildman–Crippen MR) is 97.9 cm³/mol. The lowest BCUT2D eigenvalue weighted by molar-refractivity contribution is -0.138. The first-order chi connectivity index (χ1) is 13.3. The number of alkyl halides is 3. The number of benzene rings is 1. The number of halogens is 3. The molecule has 0 atom stereocenters. The highest BCUT2D eigenvalue weighted by atomic mass is 19.4.